The van der Waals surface area contributed by atoms with Crippen LogP contribution in [0.2, 0.25) is 0 Å². The van der Waals surface area contributed by atoms with Gasteiger partial charge in [-0.2, -0.15) is 4.98 Å². The van der Waals surface area contributed by atoms with Gasteiger partial charge in [0, 0.05) is 17.3 Å². The van der Waals surface area contributed by atoms with Crippen LogP contribution in [0.25, 0.3) is 11.3 Å². The summed E-state index contributed by atoms with van der Waals surface area (Å²) in [4.78, 5) is 8.50. The summed E-state index contributed by atoms with van der Waals surface area (Å²) >= 11 is 0. The molecule has 0 saturated carbocycles. The van der Waals surface area contributed by atoms with Crippen molar-refractivity contribution in [3.05, 3.63) is 60.7 Å². The van der Waals surface area contributed by atoms with E-state index in [2.05, 4.69) is 15.3 Å². The average molecular weight is 292 g/mol. The lowest BCUT2D eigenvalue weighted by Gasteiger charge is -2.09. The molecule has 0 unspecified atom stereocenters. The lowest BCUT2D eigenvalue weighted by molar-refractivity contribution is 0.415. The number of nitrogen functional groups attached to an aromatic ring is 1. The average Bonchev–Trinajstić information content (AvgIpc) is 2.56. The largest absolute Gasteiger partial charge is 0.497 e. The predicted molar refractivity (Wildman–Crippen MR) is 88.2 cm³/mol. The van der Waals surface area contributed by atoms with E-state index in [1.807, 2.05) is 60.7 Å². The van der Waals surface area contributed by atoms with Gasteiger partial charge in [0.25, 0.3) is 0 Å². The first-order valence-corrected chi connectivity index (χ1v) is 6.85. The molecule has 0 amide bonds. The van der Waals surface area contributed by atoms with Crippen molar-refractivity contribution in [3.63, 3.8) is 0 Å². The number of aromatic nitrogens is 2. The van der Waals surface area contributed by atoms with E-state index in [9.17, 15) is 0 Å². The number of nitrogens with zero attached hydrogens (tertiary/aromatic N) is 2. The molecule has 1 aromatic heterocycles. The molecule has 22 heavy (non-hydrogen) atoms. The summed E-state index contributed by atoms with van der Waals surface area (Å²) in [7, 11) is 1.64. The van der Waals surface area contributed by atoms with Gasteiger partial charge in [-0.1, -0.05) is 30.3 Å². The van der Waals surface area contributed by atoms with E-state index in [1.165, 1.54) is 0 Å². The summed E-state index contributed by atoms with van der Waals surface area (Å²) in [5.74, 6) is 1.69. The topological polar surface area (TPSA) is 73.1 Å². The maximum atomic E-state index is 5.81. The highest BCUT2D eigenvalue weighted by atomic mass is 16.5. The van der Waals surface area contributed by atoms with Crippen LogP contribution in [0.4, 0.5) is 17.5 Å². The van der Waals surface area contributed by atoms with E-state index in [0.29, 0.717) is 5.82 Å². The standard InChI is InChI=1S/C17H16N4O/c1-22-14-9-7-13(8-10-14)19-16-11-15(20-17(18)21-16)12-5-3-2-4-6-12/h2-11H,1H3,(H3,18,19,20,21). The van der Waals surface area contributed by atoms with Gasteiger partial charge in [0.1, 0.15) is 11.6 Å². The first kappa shape index (κ1) is 13.9. The number of hydrogen-bond acceptors (Lipinski definition) is 5. The third-order valence-corrected chi connectivity index (χ3v) is 3.18. The van der Waals surface area contributed by atoms with Crippen LogP contribution in [0.3, 0.4) is 0 Å². The number of hydrogen-bond donors (Lipinski definition) is 2. The molecule has 0 aliphatic carbocycles. The minimum atomic E-state index is 0.234. The van der Waals surface area contributed by atoms with Gasteiger partial charge in [-0.05, 0) is 24.3 Å². The van der Waals surface area contributed by atoms with Gasteiger partial charge in [0.05, 0.1) is 12.8 Å². The zero-order chi connectivity index (χ0) is 15.4. The van der Waals surface area contributed by atoms with E-state index in [4.69, 9.17) is 10.5 Å². The second-order valence-electron chi connectivity index (χ2n) is 4.72. The van der Waals surface area contributed by atoms with Gasteiger partial charge < -0.3 is 15.8 Å². The number of methoxy groups -OCH3 is 1. The second-order valence-corrected chi connectivity index (χ2v) is 4.72. The first-order chi connectivity index (χ1) is 10.7. The minimum Gasteiger partial charge on any atom is -0.497 e. The maximum absolute atomic E-state index is 5.81. The fourth-order valence-corrected chi connectivity index (χ4v) is 2.11. The van der Waals surface area contributed by atoms with Gasteiger partial charge in [0.2, 0.25) is 5.95 Å². The minimum absolute atomic E-state index is 0.234. The van der Waals surface area contributed by atoms with Crippen LogP contribution in [0.1, 0.15) is 0 Å². The molecule has 3 rings (SSSR count). The third kappa shape index (κ3) is 3.15. The molecule has 0 radical (unpaired) electrons. The van der Waals surface area contributed by atoms with Crippen molar-refractivity contribution in [2.45, 2.75) is 0 Å². The zero-order valence-corrected chi connectivity index (χ0v) is 12.2. The molecule has 0 aliphatic rings. The lowest BCUT2D eigenvalue weighted by atomic mass is 10.1. The van der Waals surface area contributed by atoms with Crippen LogP contribution in [0.15, 0.2) is 60.7 Å². The van der Waals surface area contributed by atoms with Crippen LogP contribution in [0.5, 0.6) is 5.75 Å². The number of nitrogens with one attached hydrogen (secondary N) is 1. The SMILES string of the molecule is COc1ccc(Nc2cc(-c3ccccc3)nc(N)n2)cc1. The van der Waals surface area contributed by atoms with E-state index < -0.39 is 0 Å². The van der Waals surface area contributed by atoms with E-state index in [1.54, 1.807) is 7.11 Å². The Morgan fingerprint density at radius 2 is 1.68 bits per heavy atom. The number of benzene rings is 2. The highest BCUT2D eigenvalue weighted by Gasteiger charge is 2.05. The van der Waals surface area contributed by atoms with Crippen LogP contribution < -0.4 is 15.8 Å². The Morgan fingerprint density at radius 1 is 0.955 bits per heavy atom. The Labute approximate surface area is 128 Å². The quantitative estimate of drug-likeness (QED) is 0.770. The van der Waals surface area contributed by atoms with Crippen molar-refractivity contribution in [2.24, 2.45) is 0 Å². The number of rotatable bonds is 4. The summed E-state index contributed by atoms with van der Waals surface area (Å²) in [5, 5.41) is 3.22. The molecule has 3 aromatic rings. The van der Waals surface area contributed by atoms with Crippen LogP contribution >= 0.6 is 0 Å². The molecular weight excluding hydrogens is 276 g/mol. The van der Waals surface area contributed by atoms with Crippen molar-refractivity contribution < 1.29 is 4.74 Å². The van der Waals surface area contributed by atoms with Crippen LogP contribution in [-0.2, 0) is 0 Å². The molecule has 0 saturated heterocycles. The molecule has 0 atom stereocenters. The van der Waals surface area contributed by atoms with Crippen molar-refractivity contribution in [2.75, 3.05) is 18.2 Å². The van der Waals surface area contributed by atoms with Gasteiger partial charge in [-0.15, -0.1) is 0 Å². The molecule has 1 heterocycles. The Hall–Kier alpha value is -3.08. The van der Waals surface area contributed by atoms with Crippen LogP contribution in [0, 0.1) is 0 Å². The molecule has 3 N–H and O–H groups in total. The summed E-state index contributed by atoms with van der Waals surface area (Å²) in [6, 6.07) is 19.3. The number of anilines is 3. The number of nitrogens with two attached hydrogens (primary N) is 1. The van der Waals surface area contributed by atoms with Gasteiger partial charge in [-0.3, -0.25) is 0 Å². The normalized spacial score (nSPS) is 10.2. The highest BCUT2D eigenvalue weighted by molar-refractivity contribution is 5.67. The molecule has 110 valence electrons. The molecule has 0 spiro atoms. The monoisotopic (exact) mass is 292 g/mol. The Morgan fingerprint density at radius 3 is 2.36 bits per heavy atom. The summed E-state index contributed by atoms with van der Waals surface area (Å²) in [5.41, 5.74) is 8.49. The molecule has 5 nitrogen and oxygen atoms in total. The molecular formula is C17H16N4O. The molecule has 0 fully saturated rings. The Bertz CT molecular complexity index is 757. The second kappa shape index (κ2) is 6.13. The molecule has 0 aliphatic heterocycles. The fraction of sp³-hybridized carbons (Fsp3) is 0.0588. The molecule has 0 bridgehead atoms. The van der Waals surface area contributed by atoms with Crippen molar-refractivity contribution in [1.29, 1.82) is 0 Å². The van der Waals surface area contributed by atoms with E-state index >= 15 is 0 Å². The third-order valence-electron chi connectivity index (χ3n) is 3.18. The Balaban J connectivity index is 1.89. The smallest absolute Gasteiger partial charge is 0.222 e. The van der Waals surface area contributed by atoms with Crippen LogP contribution in [-0.4, -0.2) is 17.1 Å². The van der Waals surface area contributed by atoms with Crippen molar-refractivity contribution >= 4 is 17.5 Å². The van der Waals surface area contributed by atoms with Crippen molar-refractivity contribution in [3.8, 4) is 17.0 Å². The molecule has 5 heteroatoms. The van der Waals surface area contributed by atoms with Gasteiger partial charge >= 0.3 is 0 Å². The summed E-state index contributed by atoms with van der Waals surface area (Å²) < 4.78 is 5.14. The summed E-state index contributed by atoms with van der Waals surface area (Å²) in [6.07, 6.45) is 0. The van der Waals surface area contributed by atoms with E-state index in [-0.39, 0.29) is 5.95 Å². The predicted octanol–water partition coefficient (Wildman–Crippen LogP) is 3.48. The lowest BCUT2D eigenvalue weighted by Crippen LogP contribution is -2.01. The highest BCUT2D eigenvalue weighted by Crippen LogP contribution is 2.23. The zero-order valence-electron chi connectivity index (χ0n) is 12.2. The van der Waals surface area contributed by atoms with Gasteiger partial charge in [0.15, 0.2) is 0 Å². The summed E-state index contributed by atoms with van der Waals surface area (Å²) in [6.45, 7) is 0. The fourth-order valence-electron chi connectivity index (χ4n) is 2.11. The number of ether oxygens (including phenoxy) is 1. The molecule has 2 aromatic carbocycles. The first-order valence-electron chi connectivity index (χ1n) is 6.85. The van der Waals surface area contributed by atoms with Gasteiger partial charge in [-0.25, -0.2) is 4.98 Å². The Kier molecular flexibility index (Phi) is 3.87. The van der Waals surface area contributed by atoms with Crippen molar-refractivity contribution in [1.82, 2.24) is 9.97 Å². The van der Waals surface area contributed by atoms with E-state index in [0.717, 1.165) is 22.7 Å². The maximum Gasteiger partial charge on any atom is 0.222 e.